The lowest BCUT2D eigenvalue weighted by Gasteiger charge is -2.30. The van der Waals surface area contributed by atoms with Crippen molar-refractivity contribution in [1.82, 2.24) is 9.29 Å². The van der Waals surface area contributed by atoms with Crippen molar-refractivity contribution in [3.63, 3.8) is 0 Å². The number of amides is 1. The number of aromatic nitrogens is 1. The Labute approximate surface area is 213 Å². The van der Waals surface area contributed by atoms with Crippen LogP contribution in [0.3, 0.4) is 0 Å². The minimum absolute atomic E-state index is 0.106. The van der Waals surface area contributed by atoms with Gasteiger partial charge in [0, 0.05) is 34.8 Å². The van der Waals surface area contributed by atoms with Crippen LogP contribution in [0.15, 0.2) is 81.9 Å². The fourth-order valence-electron chi connectivity index (χ4n) is 4.27. The van der Waals surface area contributed by atoms with Crippen molar-refractivity contribution in [3.05, 3.63) is 72.1 Å². The maximum atomic E-state index is 13.0. The number of anilines is 1. The van der Waals surface area contributed by atoms with Crippen molar-refractivity contribution >= 4 is 54.9 Å². The molecule has 2 heterocycles. The number of benzene rings is 3. The van der Waals surface area contributed by atoms with Gasteiger partial charge in [-0.2, -0.15) is 4.31 Å². The van der Waals surface area contributed by atoms with Crippen LogP contribution in [0.5, 0.6) is 0 Å². The fraction of sp³-hybridized carbons (Fsp3) is 0.231. The van der Waals surface area contributed by atoms with Gasteiger partial charge in [-0.25, -0.2) is 13.4 Å². The molecule has 0 unspecified atom stereocenters. The van der Waals surface area contributed by atoms with Gasteiger partial charge in [-0.05, 0) is 60.2 Å². The molecule has 1 aliphatic rings. The molecule has 0 aliphatic carbocycles. The van der Waals surface area contributed by atoms with E-state index in [0.29, 0.717) is 36.0 Å². The number of hydrogen-bond donors (Lipinski definition) is 1. The standard InChI is InChI=1S/C26H25N3O3S3/c1-33-22-8-10-23(11-9-22)35(31,32)29-14-12-19(13-15-29)25(30)28-26-27-24(17-34-26)21-7-6-18-4-2-3-5-20(18)16-21/h2-11,16-17,19H,12-15H2,1H3,(H,27,28,30). The molecule has 1 fully saturated rings. The first-order valence-corrected chi connectivity index (χ1v) is 14.9. The Balaban J connectivity index is 1.20. The van der Waals surface area contributed by atoms with Gasteiger partial charge in [-0.1, -0.05) is 36.4 Å². The average Bonchev–Trinajstić information content (AvgIpc) is 3.37. The number of thioether (sulfide) groups is 1. The number of thiazole rings is 1. The minimum Gasteiger partial charge on any atom is -0.302 e. The van der Waals surface area contributed by atoms with E-state index in [1.807, 2.05) is 42.0 Å². The summed E-state index contributed by atoms with van der Waals surface area (Å²) in [5.41, 5.74) is 1.83. The van der Waals surface area contributed by atoms with E-state index in [1.54, 1.807) is 23.9 Å². The number of fused-ring (bicyclic) bond motifs is 1. The first-order chi connectivity index (χ1) is 16.9. The molecule has 180 valence electrons. The van der Waals surface area contributed by atoms with Gasteiger partial charge in [0.25, 0.3) is 0 Å². The third-order valence-corrected chi connectivity index (χ3v) is 9.72. The van der Waals surface area contributed by atoms with Gasteiger partial charge in [0.15, 0.2) is 5.13 Å². The highest BCUT2D eigenvalue weighted by Gasteiger charge is 2.32. The number of carbonyl (C=O) groups is 1. The molecule has 0 saturated carbocycles. The third-order valence-electron chi connectivity index (χ3n) is 6.30. The van der Waals surface area contributed by atoms with E-state index in [-0.39, 0.29) is 11.8 Å². The second kappa shape index (κ2) is 10.1. The fourth-order valence-corrected chi connectivity index (χ4v) is 6.88. The molecule has 5 rings (SSSR count). The summed E-state index contributed by atoms with van der Waals surface area (Å²) in [7, 11) is -3.56. The van der Waals surface area contributed by atoms with Crippen molar-refractivity contribution in [3.8, 4) is 11.3 Å². The van der Waals surface area contributed by atoms with Gasteiger partial charge in [-0.15, -0.1) is 23.1 Å². The topological polar surface area (TPSA) is 79.4 Å². The molecule has 4 aromatic rings. The van der Waals surface area contributed by atoms with Crippen LogP contribution in [0, 0.1) is 5.92 Å². The lowest BCUT2D eigenvalue weighted by atomic mass is 9.97. The Hall–Kier alpha value is -2.72. The molecule has 6 nitrogen and oxygen atoms in total. The molecule has 1 amide bonds. The van der Waals surface area contributed by atoms with Crippen LogP contribution in [0.1, 0.15) is 12.8 Å². The number of sulfonamides is 1. The molecule has 35 heavy (non-hydrogen) atoms. The average molecular weight is 524 g/mol. The van der Waals surface area contributed by atoms with Crippen molar-refractivity contribution in [2.75, 3.05) is 24.7 Å². The van der Waals surface area contributed by atoms with Crippen molar-refractivity contribution in [2.24, 2.45) is 5.92 Å². The maximum absolute atomic E-state index is 13.0. The van der Waals surface area contributed by atoms with Gasteiger partial charge < -0.3 is 5.32 Å². The Morgan fingerprint density at radius 1 is 1.03 bits per heavy atom. The smallest absolute Gasteiger partial charge is 0.243 e. The summed E-state index contributed by atoms with van der Waals surface area (Å²) in [4.78, 5) is 18.8. The summed E-state index contributed by atoms with van der Waals surface area (Å²) in [5, 5.41) is 7.75. The zero-order valence-electron chi connectivity index (χ0n) is 19.2. The highest BCUT2D eigenvalue weighted by Crippen LogP contribution is 2.30. The molecule has 9 heteroatoms. The predicted molar refractivity (Wildman–Crippen MR) is 143 cm³/mol. The SMILES string of the molecule is CSc1ccc(S(=O)(=O)N2CCC(C(=O)Nc3nc(-c4ccc5ccccc5c4)cs3)CC2)cc1. The molecule has 1 N–H and O–H groups in total. The molecule has 0 radical (unpaired) electrons. The zero-order chi connectivity index (χ0) is 24.4. The molecule has 0 atom stereocenters. The van der Waals surface area contributed by atoms with Crippen LogP contribution in [-0.4, -0.2) is 43.0 Å². The molecule has 1 aromatic heterocycles. The van der Waals surface area contributed by atoms with Gasteiger partial charge in [0.05, 0.1) is 10.6 Å². The second-order valence-electron chi connectivity index (χ2n) is 8.44. The number of rotatable bonds is 6. The number of nitrogens with zero attached hydrogens (tertiary/aromatic N) is 2. The first-order valence-electron chi connectivity index (χ1n) is 11.3. The summed E-state index contributed by atoms with van der Waals surface area (Å²) < 4.78 is 27.4. The summed E-state index contributed by atoms with van der Waals surface area (Å²) in [5.74, 6) is -0.348. The largest absolute Gasteiger partial charge is 0.302 e. The van der Waals surface area contributed by atoms with Crippen LogP contribution in [-0.2, 0) is 14.8 Å². The Bertz CT molecular complexity index is 1460. The molecular formula is C26H25N3O3S3. The minimum atomic E-state index is -3.56. The van der Waals surface area contributed by atoms with Gasteiger partial charge in [0.2, 0.25) is 15.9 Å². The first kappa shape index (κ1) is 24.0. The van der Waals surface area contributed by atoms with Crippen LogP contribution in [0.4, 0.5) is 5.13 Å². The summed E-state index contributed by atoms with van der Waals surface area (Å²) in [6.45, 7) is 0.649. The highest BCUT2D eigenvalue weighted by atomic mass is 32.2. The summed E-state index contributed by atoms with van der Waals surface area (Å²) >= 11 is 2.97. The van der Waals surface area contributed by atoms with E-state index in [1.165, 1.54) is 21.0 Å². The van der Waals surface area contributed by atoms with Gasteiger partial charge >= 0.3 is 0 Å². The number of carbonyl (C=O) groups excluding carboxylic acids is 1. The normalized spacial score (nSPS) is 15.3. The lowest BCUT2D eigenvalue weighted by Crippen LogP contribution is -2.41. The third kappa shape index (κ3) is 5.13. The molecule has 0 spiro atoms. The van der Waals surface area contributed by atoms with E-state index in [4.69, 9.17) is 0 Å². The summed E-state index contributed by atoms with van der Waals surface area (Å²) in [6, 6.07) is 21.3. The van der Waals surface area contributed by atoms with E-state index < -0.39 is 10.0 Å². The van der Waals surface area contributed by atoms with Crippen molar-refractivity contribution in [2.45, 2.75) is 22.6 Å². The van der Waals surface area contributed by atoms with Crippen LogP contribution >= 0.6 is 23.1 Å². The monoisotopic (exact) mass is 523 g/mol. The van der Waals surface area contributed by atoms with Crippen LogP contribution in [0.2, 0.25) is 0 Å². The molecule has 3 aromatic carbocycles. The Kier molecular flexibility index (Phi) is 6.93. The van der Waals surface area contributed by atoms with E-state index in [9.17, 15) is 13.2 Å². The van der Waals surface area contributed by atoms with Crippen molar-refractivity contribution < 1.29 is 13.2 Å². The Morgan fingerprint density at radius 2 is 1.74 bits per heavy atom. The zero-order valence-corrected chi connectivity index (χ0v) is 21.6. The number of hydrogen-bond acceptors (Lipinski definition) is 6. The second-order valence-corrected chi connectivity index (χ2v) is 12.1. The predicted octanol–water partition coefficient (Wildman–Crippen LogP) is 5.72. The molecule has 1 aliphatic heterocycles. The lowest BCUT2D eigenvalue weighted by molar-refractivity contribution is -0.120. The molecular weight excluding hydrogens is 499 g/mol. The molecule has 0 bridgehead atoms. The Morgan fingerprint density at radius 3 is 2.46 bits per heavy atom. The number of piperidine rings is 1. The van der Waals surface area contributed by atoms with E-state index >= 15 is 0 Å². The maximum Gasteiger partial charge on any atom is 0.243 e. The van der Waals surface area contributed by atoms with Crippen molar-refractivity contribution in [1.29, 1.82) is 0 Å². The van der Waals surface area contributed by atoms with E-state index in [0.717, 1.165) is 21.5 Å². The summed E-state index contributed by atoms with van der Waals surface area (Å²) in [6.07, 6.45) is 2.92. The number of nitrogens with one attached hydrogen (secondary N) is 1. The quantitative estimate of drug-likeness (QED) is 0.327. The highest BCUT2D eigenvalue weighted by molar-refractivity contribution is 7.98. The van der Waals surface area contributed by atoms with Gasteiger partial charge in [-0.3, -0.25) is 4.79 Å². The van der Waals surface area contributed by atoms with Crippen LogP contribution < -0.4 is 5.32 Å². The van der Waals surface area contributed by atoms with Crippen LogP contribution in [0.25, 0.3) is 22.0 Å². The van der Waals surface area contributed by atoms with E-state index in [2.05, 4.69) is 34.6 Å². The molecule has 1 saturated heterocycles. The van der Waals surface area contributed by atoms with Gasteiger partial charge in [0.1, 0.15) is 0 Å².